The van der Waals surface area contributed by atoms with Crippen molar-refractivity contribution in [3.63, 3.8) is 0 Å². The molecule has 0 aromatic heterocycles. The molecule has 7 heavy (non-hydrogen) atoms. The van der Waals surface area contributed by atoms with Gasteiger partial charge in [-0.1, -0.05) is 0 Å². The lowest BCUT2D eigenvalue weighted by atomic mass is 10.5. The Labute approximate surface area is 42.0 Å². The fraction of sp³-hybridized carbons (Fsp3) is 0.500. The van der Waals surface area contributed by atoms with Gasteiger partial charge < -0.3 is 5.73 Å². The van der Waals surface area contributed by atoms with Gasteiger partial charge in [0.15, 0.2) is 0 Å². The summed E-state index contributed by atoms with van der Waals surface area (Å²) in [4.78, 5) is 0. The normalized spacial score (nSPS) is 20.1. The van der Waals surface area contributed by atoms with E-state index in [0.717, 1.165) is 11.5 Å². The number of nitrogens with two attached hydrogens (primary N) is 1. The molecule has 0 bridgehead atoms. The molecule has 0 radical (unpaired) electrons. The van der Waals surface area contributed by atoms with Crippen molar-refractivity contribution < 1.29 is 5.21 Å². The van der Waals surface area contributed by atoms with E-state index in [-0.39, 0.29) is 0 Å². The van der Waals surface area contributed by atoms with Crippen LogP contribution in [0.25, 0.3) is 0 Å². The van der Waals surface area contributed by atoms with Gasteiger partial charge in [0.05, 0.1) is 6.54 Å². The molecule has 0 amide bonds. The van der Waals surface area contributed by atoms with E-state index in [1.807, 2.05) is 0 Å². The molecule has 0 spiro atoms. The second-order valence-corrected chi connectivity index (χ2v) is 1.54. The summed E-state index contributed by atoms with van der Waals surface area (Å²) in [6.45, 7) is 0.645. The molecule has 3 nitrogen and oxygen atoms in total. The van der Waals surface area contributed by atoms with Gasteiger partial charge in [-0.15, -0.1) is 0 Å². The lowest BCUT2D eigenvalue weighted by Gasteiger charge is -2.06. The molecule has 1 rings (SSSR count). The molecule has 3 heteroatoms. The summed E-state index contributed by atoms with van der Waals surface area (Å²) < 4.78 is 0. The smallest absolute Gasteiger partial charge is 0.119 e. The van der Waals surface area contributed by atoms with Gasteiger partial charge in [0.25, 0.3) is 0 Å². The van der Waals surface area contributed by atoms with E-state index >= 15 is 0 Å². The standard InChI is InChI=1S/C4H8N2O/c5-4-2-1-3-6(4)7/h2,7H,1,3,5H2. The van der Waals surface area contributed by atoms with Crippen LogP contribution in [0.2, 0.25) is 0 Å². The van der Waals surface area contributed by atoms with E-state index in [1.54, 1.807) is 6.08 Å². The van der Waals surface area contributed by atoms with Crippen LogP contribution < -0.4 is 5.73 Å². The molecule has 0 atom stereocenters. The van der Waals surface area contributed by atoms with Crippen molar-refractivity contribution in [1.82, 2.24) is 5.06 Å². The summed E-state index contributed by atoms with van der Waals surface area (Å²) in [5.41, 5.74) is 5.22. The van der Waals surface area contributed by atoms with Gasteiger partial charge in [0.1, 0.15) is 5.82 Å². The first-order chi connectivity index (χ1) is 3.30. The van der Waals surface area contributed by atoms with Crippen LogP contribution in [0.1, 0.15) is 6.42 Å². The van der Waals surface area contributed by atoms with Crippen molar-refractivity contribution in [2.75, 3.05) is 6.54 Å². The van der Waals surface area contributed by atoms with Gasteiger partial charge >= 0.3 is 0 Å². The molecule has 3 N–H and O–H groups in total. The number of hydroxylamine groups is 2. The van der Waals surface area contributed by atoms with Crippen molar-refractivity contribution in [2.24, 2.45) is 5.73 Å². The van der Waals surface area contributed by atoms with Crippen LogP contribution in [0.4, 0.5) is 0 Å². The maximum absolute atomic E-state index is 8.64. The van der Waals surface area contributed by atoms with E-state index in [2.05, 4.69) is 0 Å². The minimum Gasteiger partial charge on any atom is -0.384 e. The molecule has 0 aromatic carbocycles. The molecule has 1 aliphatic rings. The molecule has 0 unspecified atom stereocenters. The van der Waals surface area contributed by atoms with E-state index in [0.29, 0.717) is 12.4 Å². The van der Waals surface area contributed by atoms with Gasteiger partial charge in [0.2, 0.25) is 0 Å². The third-order valence-corrected chi connectivity index (χ3v) is 0.992. The highest BCUT2D eigenvalue weighted by atomic mass is 16.5. The lowest BCUT2D eigenvalue weighted by Crippen LogP contribution is -2.19. The maximum Gasteiger partial charge on any atom is 0.119 e. The number of rotatable bonds is 0. The van der Waals surface area contributed by atoms with Gasteiger partial charge in [-0.25, -0.2) is 5.06 Å². The molecule has 0 saturated carbocycles. The highest BCUT2D eigenvalue weighted by Gasteiger charge is 2.05. The quantitative estimate of drug-likeness (QED) is 0.446. The minimum atomic E-state index is 0.472. The summed E-state index contributed by atoms with van der Waals surface area (Å²) in [7, 11) is 0. The first-order valence-electron chi connectivity index (χ1n) is 2.23. The van der Waals surface area contributed by atoms with Crippen molar-refractivity contribution >= 4 is 0 Å². The second-order valence-electron chi connectivity index (χ2n) is 1.54. The van der Waals surface area contributed by atoms with Crippen LogP contribution in [0.15, 0.2) is 11.9 Å². The average Bonchev–Trinajstić information content (AvgIpc) is 1.91. The van der Waals surface area contributed by atoms with Crippen LogP contribution in [-0.4, -0.2) is 16.8 Å². The Morgan fingerprint density at radius 3 is 2.71 bits per heavy atom. The molecule has 1 heterocycles. The van der Waals surface area contributed by atoms with E-state index in [1.165, 1.54) is 0 Å². The van der Waals surface area contributed by atoms with E-state index in [9.17, 15) is 0 Å². The van der Waals surface area contributed by atoms with Crippen LogP contribution in [-0.2, 0) is 0 Å². The summed E-state index contributed by atoms with van der Waals surface area (Å²) in [6.07, 6.45) is 2.66. The Morgan fingerprint density at radius 2 is 2.57 bits per heavy atom. The van der Waals surface area contributed by atoms with Crippen LogP contribution in [0.3, 0.4) is 0 Å². The van der Waals surface area contributed by atoms with Gasteiger partial charge in [-0.05, 0) is 12.5 Å². The van der Waals surface area contributed by atoms with Gasteiger partial charge in [-0.3, -0.25) is 5.21 Å². The largest absolute Gasteiger partial charge is 0.384 e. The Bertz CT molecular complexity index is 99.9. The van der Waals surface area contributed by atoms with Crippen molar-refractivity contribution in [1.29, 1.82) is 0 Å². The number of nitrogens with zero attached hydrogens (tertiary/aromatic N) is 1. The fourth-order valence-electron chi connectivity index (χ4n) is 0.569. The molecule has 0 aliphatic carbocycles. The third-order valence-electron chi connectivity index (χ3n) is 0.992. The van der Waals surface area contributed by atoms with Gasteiger partial charge in [0, 0.05) is 0 Å². The molecule has 0 saturated heterocycles. The van der Waals surface area contributed by atoms with Crippen molar-refractivity contribution in [3.05, 3.63) is 11.9 Å². The zero-order chi connectivity index (χ0) is 5.28. The zero-order valence-corrected chi connectivity index (χ0v) is 3.96. The minimum absolute atomic E-state index is 0.472. The average molecular weight is 100 g/mol. The fourth-order valence-corrected chi connectivity index (χ4v) is 0.569. The Morgan fingerprint density at radius 1 is 1.86 bits per heavy atom. The summed E-state index contributed by atoms with van der Waals surface area (Å²) in [6, 6.07) is 0. The van der Waals surface area contributed by atoms with Gasteiger partial charge in [-0.2, -0.15) is 0 Å². The topological polar surface area (TPSA) is 49.5 Å². The Balaban J connectivity index is 2.54. The molecular formula is C4H8N2O. The highest BCUT2D eigenvalue weighted by Crippen LogP contribution is 2.03. The molecule has 1 aliphatic heterocycles. The lowest BCUT2D eigenvalue weighted by molar-refractivity contribution is -0.0459. The molecular weight excluding hydrogens is 92.1 g/mol. The number of hydrogen-bond donors (Lipinski definition) is 2. The van der Waals surface area contributed by atoms with Crippen LogP contribution in [0, 0.1) is 0 Å². The summed E-state index contributed by atoms with van der Waals surface area (Å²) >= 11 is 0. The number of hydrogen-bond acceptors (Lipinski definition) is 3. The first-order valence-corrected chi connectivity index (χ1v) is 2.23. The Hall–Kier alpha value is -0.700. The molecule has 0 fully saturated rings. The summed E-state index contributed by atoms with van der Waals surface area (Å²) in [5, 5.41) is 9.68. The highest BCUT2D eigenvalue weighted by molar-refractivity contribution is 4.98. The SMILES string of the molecule is NC1=CCCN1O. The monoisotopic (exact) mass is 100 g/mol. The van der Waals surface area contributed by atoms with Crippen molar-refractivity contribution in [3.8, 4) is 0 Å². The molecule has 0 aromatic rings. The zero-order valence-electron chi connectivity index (χ0n) is 3.96. The summed E-state index contributed by atoms with van der Waals surface area (Å²) in [5.74, 6) is 0.472. The van der Waals surface area contributed by atoms with Crippen LogP contribution >= 0.6 is 0 Å². The maximum atomic E-state index is 8.64. The second kappa shape index (κ2) is 1.42. The van der Waals surface area contributed by atoms with Crippen molar-refractivity contribution in [2.45, 2.75) is 6.42 Å². The predicted molar refractivity (Wildman–Crippen MR) is 25.4 cm³/mol. The van der Waals surface area contributed by atoms with Crippen LogP contribution in [0.5, 0.6) is 0 Å². The Kier molecular flexibility index (Phi) is 0.906. The van der Waals surface area contributed by atoms with E-state index in [4.69, 9.17) is 10.9 Å². The predicted octanol–water partition coefficient (Wildman–Crippen LogP) is -0.119. The van der Waals surface area contributed by atoms with E-state index < -0.39 is 0 Å². The first kappa shape index (κ1) is 4.46. The third kappa shape index (κ3) is 0.667. The molecule has 40 valence electrons.